The molecule has 0 aromatic rings. The molecule has 3 unspecified atom stereocenters. The monoisotopic (exact) mass is 207 g/mol. The van der Waals surface area contributed by atoms with Gasteiger partial charge in [-0.3, -0.25) is 0 Å². The van der Waals surface area contributed by atoms with E-state index < -0.39 is 0 Å². The molecule has 0 heterocycles. The van der Waals surface area contributed by atoms with Crippen molar-refractivity contribution in [3.63, 3.8) is 0 Å². The van der Waals surface area contributed by atoms with Crippen molar-refractivity contribution < 1.29 is 0 Å². The first-order valence-corrected chi connectivity index (χ1v) is 6.07. The van der Waals surface area contributed by atoms with E-state index in [4.69, 9.17) is 5.73 Å². The molecule has 0 saturated heterocycles. The maximum atomic E-state index is 6.53. The largest absolute Gasteiger partial charge is 0.324 e. The molecule has 2 N–H and O–H groups in total. The van der Waals surface area contributed by atoms with Crippen molar-refractivity contribution in [1.29, 1.82) is 0 Å². The zero-order valence-corrected chi connectivity index (χ0v) is 10.6. The summed E-state index contributed by atoms with van der Waals surface area (Å²) < 4.78 is 0. The van der Waals surface area contributed by atoms with Gasteiger partial charge in [-0.15, -0.1) is 0 Å². The van der Waals surface area contributed by atoms with E-state index in [1.54, 1.807) is 0 Å². The summed E-state index contributed by atoms with van der Waals surface area (Å²) in [5.74, 6) is 0.491. The minimum Gasteiger partial charge on any atom is -0.324 e. The quantitative estimate of drug-likeness (QED) is 0.699. The normalized spacial score (nSPS) is 40.5. The smallest absolute Gasteiger partial charge is 0.0281 e. The van der Waals surface area contributed by atoms with Crippen LogP contribution < -0.4 is 5.73 Å². The molecule has 1 heteroatoms. The fraction of sp³-hybridized carbons (Fsp3) is 0.714. The van der Waals surface area contributed by atoms with Gasteiger partial charge in [-0.2, -0.15) is 0 Å². The fourth-order valence-corrected chi connectivity index (χ4v) is 2.61. The fourth-order valence-electron chi connectivity index (χ4n) is 2.61. The minimum absolute atomic E-state index is 0.0947. The molecule has 1 nitrogen and oxygen atoms in total. The summed E-state index contributed by atoms with van der Waals surface area (Å²) in [7, 11) is 0. The first-order valence-electron chi connectivity index (χ1n) is 6.07. The average Bonchev–Trinajstić information content (AvgIpc) is 2.37. The van der Waals surface area contributed by atoms with Crippen LogP contribution in [-0.2, 0) is 0 Å². The van der Waals surface area contributed by atoms with Crippen LogP contribution in [0.25, 0.3) is 0 Å². The Hall–Kier alpha value is -0.560. The highest BCUT2D eigenvalue weighted by Gasteiger charge is 2.47. The third-order valence-corrected chi connectivity index (χ3v) is 4.09. The predicted molar refractivity (Wildman–Crippen MR) is 67.7 cm³/mol. The van der Waals surface area contributed by atoms with Gasteiger partial charge in [0.2, 0.25) is 0 Å². The molecule has 1 rings (SSSR count). The van der Waals surface area contributed by atoms with E-state index in [1.807, 2.05) is 0 Å². The van der Waals surface area contributed by atoms with E-state index in [0.717, 1.165) is 6.42 Å². The van der Waals surface area contributed by atoms with Crippen LogP contribution in [-0.4, -0.2) is 5.54 Å². The van der Waals surface area contributed by atoms with Gasteiger partial charge in [0.05, 0.1) is 0 Å². The number of hydrogen-bond acceptors (Lipinski definition) is 1. The third kappa shape index (κ3) is 2.17. The average molecular weight is 207 g/mol. The number of hydrogen-bond donors (Lipinski definition) is 1. The second kappa shape index (κ2) is 4.52. The van der Waals surface area contributed by atoms with E-state index in [1.165, 1.54) is 12.8 Å². The van der Waals surface area contributed by atoms with Crippen molar-refractivity contribution in [2.45, 2.75) is 52.5 Å². The Morgan fingerprint density at radius 1 is 1.40 bits per heavy atom. The number of nitrogens with two attached hydrogens (primary N) is 1. The molecule has 0 bridgehead atoms. The van der Waals surface area contributed by atoms with Gasteiger partial charge >= 0.3 is 0 Å². The maximum absolute atomic E-state index is 6.53. The van der Waals surface area contributed by atoms with Crippen molar-refractivity contribution >= 4 is 0 Å². The lowest BCUT2D eigenvalue weighted by Crippen LogP contribution is -2.52. The van der Waals surface area contributed by atoms with Crippen molar-refractivity contribution in [3.8, 4) is 0 Å². The van der Waals surface area contributed by atoms with Crippen LogP contribution in [0.2, 0.25) is 0 Å². The Morgan fingerprint density at radius 3 is 2.60 bits per heavy atom. The van der Waals surface area contributed by atoms with E-state index >= 15 is 0 Å². The van der Waals surface area contributed by atoms with Crippen molar-refractivity contribution in [2.75, 3.05) is 0 Å². The molecular formula is C14H25N. The van der Waals surface area contributed by atoms with Gasteiger partial charge in [0.15, 0.2) is 0 Å². The summed E-state index contributed by atoms with van der Waals surface area (Å²) in [5, 5.41) is 0. The van der Waals surface area contributed by atoms with Gasteiger partial charge in [-0.1, -0.05) is 44.6 Å². The van der Waals surface area contributed by atoms with Crippen LogP contribution in [0, 0.1) is 11.3 Å². The Labute approximate surface area is 94.4 Å². The van der Waals surface area contributed by atoms with Gasteiger partial charge in [-0.05, 0) is 32.6 Å². The summed E-state index contributed by atoms with van der Waals surface area (Å²) in [6.45, 7) is 8.80. The van der Waals surface area contributed by atoms with Gasteiger partial charge < -0.3 is 5.73 Å². The van der Waals surface area contributed by atoms with E-state index in [0.29, 0.717) is 5.92 Å². The Balaban J connectivity index is 2.79. The highest BCUT2D eigenvalue weighted by molar-refractivity contribution is 5.23. The summed E-state index contributed by atoms with van der Waals surface area (Å²) >= 11 is 0. The topological polar surface area (TPSA) is 26.0 Å². The zero-order chi connectivity index (χ0) is 11.5. The highest BCUT2D eigenvalue weighted by Crippen LogP contribution is 2.47. The number of allylic oxidation sites excluding steroid dienone is 2. The zero-order valence-electron chi connectivity index (χ0n) is 10.6. The molecule has 0 fully saturated rings. The molecule has 0 spiro atoms. The van der Waals surface area contributed by atoms with Crippen LogP contribution in [0.5, 0.6) is 0 Å². The summed E-state index contributed by atoms with van der Waals surface area (Å²) in [6.07, 6.45) is 12.4. The first-order chi connectivity index (χ1) is 6.98. The maximum Gasteiger partial charge on any atom is 0.0281 e. The van der Waals surface area contributed by atoms with Crippen LogP contribution in [0.1, 0.15) is 47.0 Å². The van der Waals surface area contributed by atoms with Crippen LogP contribution in [0.3, 0.4) is 0 Å². The van der Waals surface area contributed by atoms with Crippen LogP contribution in [0.15, 0.2) is 24.3 Å². The minimum atomic E-state index is -0.0947. The van der Waals surface area contributed by atoms with Crippen molar-refractivity contribution in [3.05, 3.63) is 24.3 Å². The van der Waals surface area contributed by atoms with Gasteiger partial charge in [0.25, 0.3) is 0 Å². The lowest BCUT2D eigenvalue weighted by molar-refractivity contribution is 0.178. The molecule has 0 aromatic carbocycles. The molecule has 1 aliphatic carbocycles. The molecule has 86 valence electrons. The lowest BCUT2D eigenvalue weighted by Gasteiger charge is -2.41. The van der Waals surface area contributed by atoms with Crippen molar-refractivity contribution in [1.82, 2.24) is 0 Å². The van der Waals surface area contributed by atoms with Crippen molar-refractivity contribution in [2.24, 2.45) is 17.1 Å². The highest BCUT2D eigenvalue weighted by atomic mass is 14.8. The Bertz CT molecular complexity index is 263. The first kappa shape index (κ1) is 12.5. The Kier molecular flexibility index (Phi) is 3.77. The second-order valence-electron chi connectivity index (χ2n) is 5.22. The van der Waals surface area contributed by atoms with Gasteiger partial charge in [0.1, 0.15) is 0 Å². The molecule has 0 radical (unpaired) electrons. The predicted octanol–water partition coefficient (Wildman–Crippen LogP) is 3.66. The van der Waals surface area contributed by atoms with E-state index in [-0.39, 0.29) is 11.0 Å². The van der Waals surface area contributed by atoms with Gasteiger partial charge in [-0.25, -0.2) is 0 Å². The molecule has 1 aliphatic rings. The van der Waals surface area contributed by atoms with E-state index in [2.05, 4.69) is 52.0 Å². The summed E-state index contributed by atoms with van der Waals surface area (Å²) in [5.41, 5.74) is 6.61. The SMILES string of the molecule is C/C=C\CC1C=CC(C)(CCC)C1(C)N. The molecule has 15 heavy (non-hydrogen) atoms. The van der Waals surface area contributed by atoms with E-state index in [9.17, 15) is 0 Å². The molecule has 0 aliphatic heterocycles. The standard InChI is InChI=1S/C14H25N/c1-5-7-8-12-9-11-13(3,10-6-2)14(12,4)15/h5,7,9,11-12H,6,8,10,15H2,1-4H3/b7-5-. The van der Waals surface area contributed by atoms with Crippen LogP contribution >= 0.6 is 0 Å². The molecule has 3 atom stereocenters. The third-order valence-electron chi connectivity index (χ3n) is 4.09. The molecular weight excluding hydrogens is 182 g/mol. The molecule has 0 saturated carbocycles. The summed E-state index contributed by atoms with van der Waals surface area (Å²) in [6, 6.07) is 0. The summed E-state index contributed by atoms with van der Waals surface area (Å²) in [4.78, 5) is 0. The molecule has 0 amide bonds. The van der Waals surface area contributed by atoms with Crippen LogP contribution in [0.4, 0.5) is 0 Å². The van der Waals surface area contributed by atoms with Gasteiger partial charge in [0, 0.05) is 11.0 Å². The lowest BCUT2D eigenvalue weighted by atomic mass is 9.68. The Morgan fingerprint density at radius 2 is 2.07 bits per heavy atom. The second-order valence-corrected chi connectivity index (χ2v) is 5.22. The molecule has 0 aromatic heterocycles. The number of rotatable bonds is 4.